The van der Waals surface area contributed by atoms with E-state index in [2.05, 4.69) is 21.7 Å². The van der Waals surface area contributed by atoms with E-state index in [1.165, 1.54) is 5.56 Å². The van der Waals surface area contributed by atoms with Gasteiger partial charge in [-0.1, -0.05) is 17.7 Å². The SMILES string of the molecule is Cc1ccc(NC(=NC[C@H]2CCCO2)NC(=O)c2ccc3c(c2)OCO3)c(C)c1. The van der Waals surface area contributed by atoms with Gasteiger partial charge < -0.3 is 19.5 Å². The van der Waals surface area contributed by atoms with Crippen molar-refractivity contribution >= 4 is 17.6 Å². The van der Waals surface area contributed by atoms with Gasteiger partial charge in [0, 0.05) is 17.9 Å². The number of anilines is 1. The van der Waals surface area contributed by atoms with Crippen LogP contribution < -0.4 is 20.1 Å². The molecule has 4 rings (SSSR count). The smallest absolute Gasteiger partial charge is 0.258 e. The predicted molar refractivity (Wildman–Crippen MR) is 111 cm³/mol. The Labute approximate surface area is 170 Å². The zero-order valence-corrected chi connectivity index (χ0v) is 16.7. The highest BCUT2D eigenvalue weighted by Crippen LogP contribution is 2.32. The summed E-state index contributed by atoms with van der Waals surface area (Å²) >= 11 is 0. The average Bonchev–Trinajstić information content (AvgIpc) is 3.39. The topological polar surface area (TPSA) is 81.2 Å². The minimum absolute atomic E-state index is 0.0911. The first-order valence-corrected chi connectivity index (χ1v) is 9.80. The standard InChI is InChI=1S/C22H25N3O4/c1-14-5-7-18(15(2)10-14)24-22(23-12-17-4-3-9-27-17)25-21(26)16-6-8-19-20(11-16)29-13-28-19/h5-8,10-11,17H,3-4,9,12-13H2,1-2H3,(H2,23,24,25,26)/t17-/m1/s1. The Bertz CT molecular complexity index is 936. The van der Waals surface area contributed by atoms with Crippen LogP contribution in [-0.2, 0) is 4.74 Å². The minimum Gasteiger partial charge on any atom is -0.454 e. The second kappa shape index (κ2) is 8.53. The number of ether oxygens (including phenoxy) is 3. The van der Waals surface area contributed by atoms with Gasteiger partial charge in [0.2, 0.25) is 12.8 Å². The largest absolute Gasteiger partial charge is 0.454 e. The van der Waals surface area contributed by atoms with Gasteiger partial charge in [-0.05, 0) is 56.5 Å². The summed E-state index contributed by atoms with van der Waals surface area (Å²) in [6.45, 7) is 5.50. The highest BCUT2D eigenvalue weighted by atomic mass is 16.7. The molecule has 2 aliphatic heterocycles. The quantitative estimate of drug-likeness (QED) is 0.613. The fraction of sp³-hybridized carbons (Fsp3) is 0.364. The molecule has 2 heterocycles. The van der Waals surface area contributed by atoms with E-state index in [1.54, 1.807) is 18.2 Å². The van der Waals surface area contributed by atoms with Crippen LogP contribution in [0.2, 0.25) is 0 Å². The van der Waals surface area contributed by atoms with Crippen molar-refractivity contribution in [3.8, 4) is 11.5 Å². The third-order valence-electron chi connectivity index (χ3n) is 4.98. The highest BCUT2D eigenvalue weighted by molar-refractivity contribution is 6.10. The molecule has 2 aromatic carbocycles. The zero-order valence-electron chi connectivity index (χ0n) is 16.7. The lowest BCUT2D eigenvalue weighted by Crippen LogP contribution is -2.37. The zero-order chi connectivity index (χ0) is 20.2. The van der Waals surface area contributed by atoms with E-state index in [0.717, 1.165) is 30.7 Å². The maximum atomic E-state index is 12.8. The molecule has 152 valence electrons. The molecule has 0 bridgehead atoms. The Balaban J connectivity index is 1.52. The molecule has 0 unspecified atom stereocenters. The second-order valence-corrected chi connectivity index (χ2v) is 7.29. The first-order chi connectivity index (χ1) is 14.1. The lowest BCUT2D eigenvalue weighted by molar-refractivity contribution is 0.0975. The Kier molecular flexibility index (Phi) is 5.67. The van der Waals surface area contributed by atoms with Crippen LogP contribution >= 0.6 is 0 Å². The Hall–Kier alpha value is -3.06. The van der Waals surface area contributed by atoms with Gasteiger partial charge in [-0.25, -0.2) is 4.99 Å². The van der Waals surface area contributed by atoms with Crippen molar-refractivity contribution in [2.75, 3.05) is 25.3 Å². The van der Waals surface area contributed by atoms with Gasteiger partial charge in [-0.15, -0.1) is 0 Å². The summed E-state index contributed by atoms with van der Waals surface area (Å²) in [5.74, 6) is 1.34. The Morgan fingerprint density at radius 2 is 2.00 bits per heavy atom. The molecule has 7 nitrogen and oxygen atoms in total. The van der Waals surface area contributed by atoms with Crippen LogP contribution in [0.4, 0.5) is 5.69 Å². The normalized spacial score (nSPS) is 18.0. The number of benzene rings is 2. The second-order valence-electron chi connectivity index (χ2n) is 7.29. The number of hydrogen-bond acceptors (Lipinski definition) is 5. The third-order valence-corrected chi connectivity index (χ3v) is 4.98. The van der Waals surface area contributed by atoms with Crippen LogP contribution in [0, 0.1) is 13.8 Å². The molecule has 0 radical (unpaired) electrons. The van der Waals surface area contributed by atoms with Gasteiger partial charge in [-0.3, -0.25) is 10.1 Å². The fourth-order valence-corrected chi connectivity index (χ4v) is 3.39. The molecule has 2 N–H and O–H groups in total. The fourth-order valence-electron chi connectivity index (χ4n) is 3.39. The van der Waals surface area contributed by atoms with Crippen molar-refractivity contribution in [3.63, 3.8) is 0 Å². The molecule has 0 aliphatic carbocycles. The lowest BCUT2D eigenvalue weighted by atomic mass is 10.1. The molecule has 0 spiro atoms. The number of guanidine groups is 1. The van der Waals surface area contributed by atoms with Gasteiger partial charge >= 0.3 is 0 Å². The van der Waals surface area contributed by atoms with E-state index in [9.17, 15) is 4.79 Å². The predicted octanol–water partition coefficient (Wildman–Crippen LogP) is 3.41. The van der Waals surface area contributed by atoms with Crippen molar-refractivity contribution in [2.24, 2.45) is 4.99 Å². The van der Waals surface area contributed by atoms with Crippen LogP contribution in [0.1, 0.15) is 34.3 Å². The monoisotopic (exact) mass is 395 g/mol. The molecule has 0 saturated carbocycles. The van der Waals surface area contributed by atoms with Gasteiger partial charge in [0.05, 0.1) is 12.6 Å². The van der Waals surface area contributed by atoms with E-state index in [1.807, 2.05) is 26.0 Å². The average molecular weight is 395 g/mol. The number of carbonyl (C=O) groups excluding carboxylic acids is 1. The van der Waals surface area contributed by atoms with Crippen LogP contribution in [0.5, 0.6) is 11.5 Å². The highest BCUT2D eigenvalue weighted by Gasteiger charge is 2.19. The van der Waals surface area contributed by atoms with Gasteiger partial charge in [0.1, 0.15) is 0 Å². The molecule has 1 fully saturated rings. The van der Waals surface area contributed by atoms with E-state index in [-0.39, 0.29) is 18.8 Å². The van der Waals surface area contributed by atoms with Crippen LogP contribution in [-0.4, -0.2) is 37.9 Å². The molecule has 29 heavy (non-hydrogen) atoms. The summed E-state index contributed by atoms with van der Waals surface area (Å²) in [4.78, 5) is 17.4. The molecular formula is C22H25N3O4. The third kappa shape index (κ3) is 4.68. The summed E-state index contributed by atoms with van der Waals surface area (Å²) < 4.78 is 16.3. The Morgan fingerprint density at radius 3 is 2.79 bits per heavy atom. The van der Waals surface area contributed by atoms with Crippen molar-refractivity contribution in [2.45, 2.75) is 32.8 Å². The van der Waals surface area contributed by atoms with Crippen molar-refractivity contribution < 1.29 is 19.0 Å². The number of nitrogens with zero attached hydrogens (tertiary/aromatic N) is 1. The van der Waals surface area contributed by atoms with E-state index in [4.69, 9.17) is 14.2 Å². The number of aliphatic imine (C=N–C) groups is 1. The molecule has 1 atom stereocenters. The van der Waals surface area contributed by atoms with Gasteiger partial charge in [0.25, 0.3) is 5.91 Å². The van der Waals surface area contributed by atoms with Gasteiger partial charge in [-0.2, -0.15) is 0 Å². The lowest BCUT2D eigenvalue weighted by Gasteiger charge is -2.15. The molecule has 1 amide bonds. The molecular weight excluding hydrogens is 370 g/mol. The Morgan fingerprint density at radius 1 is 1.14 bits per heavy atom. The molecule has 2 aromatic rings. The van der Waals surface area contributed by atoms with E-state index < -0.39 is 0 Å². The maximum Gasteiger partial charge on any atom is 0.258 e. The number of hydrogen-bond donors (Lipinski definition) is 2. The number of fused-ring (bicyclic) bond motifs is 1. The molecule has 0 aromatic heterocycles. The first kappa shape index (κ1) is 19.3. The summed E-state index contributed by atoms with van der Waals surface area (Å²) in [5, 5.41) is 6.14. The summed E-state index contributed by atoms with van der Waals surface area (Å²) in [6.07, 6.45) is 2.12. The minimum atomic E-state index is -0.272. The molecule has 7 heteroatoms. The van der Waals surface area contributed by atoms with Crippen LogP contribution in [0.15, 0.2) is 41.4 Å². The molecule has 2 aliphatic rings. The number of carbonyl (C=O) groups is 1. The van der Waals surface area contributed by atoms with E-state index >= 15 is 0 Å². The first-order valence-electron chi connectivity index (χ1n) is 9.80. The summed E-state index contributed by atoms with van der Waals surface area (Å²) in [5.41, 5.74) is 3.62. The van der Waals surface area contributed by atoms with Crippen molar-refractivity contribution in [1.29, 1.82) is 0 Å². The summed E-state index contributed by atoms with van der Waals surface area (Å²) in [7, 11) is 0. The summed E-state index contributed by atoms with van der Waals surface area (Å²) in [6, 6.07) is 11.2. The number of rotatable bonds is 4. The maximum absolute atomic E-state index is 12.8. The van der Waals surface area contributed by atoms with Crippen LogP contribution in [0.25, 0.3) is 0 Å². The molecule has 1 saturated heterocycles. The van der Waals surface area contributed by atoms with Crippen molar-refractivity contribution in [3.05, 3.63) is 53.1 Å². The van der Waals surface area contributed by atoms with Crippen LogP contribution in [0.3, 0.4) is 0 Å². The van der Waals surface area contributed by atoms with E-state index in [0.29, 0.717) is 29.6 Å². The van der Waals surface area contributed by atoms with Crippen molar-refractivity contribution in [1.82, 2.24) is 5.32 Å². The number of aryl methyl sites for hydroxylation is 2. The number of amides is 1. The van der Waals surface area contributed by atoms with Gasteiger partial charge in [0.15, 0.2) is 11.5 Å². The number of nitrogens with one attached hydrogen (secondary N) is 2.